The van der Waals surface area contributed by atoms with E-state index in [1.165, 1.54) is 4.31 Å². The minimum absolute atomic E-state index is 0.122. The van der Waals surface area contributed by atoms with E-state index in [1.54, 1.807) is 25.4 Å². The van der Waals surface area contributed by atoms with Gasteiger partial charge in [0.15, 0.2) is 0 Å². The molecule has 6 nitrogen and oxygen atoms in total. The maximum Gasteiger partial charge on any atom is 0.244 e. The van der Waals surface area contributed by atoms with Gasteiger partial charge in [0.25, 0.3) is 0 Å². The minimum Gasteiger partial charge on any atom is -0.325 e. The zero-order valence-electron chi connectivity index (χ0n) is 12.7. The van der Waals surface area contributed by atoms with Crippen LogP contribution in [0.25, 0.3) is 0 Å². The first-order valence-electron chi connectivity index (χ1n) is 7.24. The molecule has 1 aromatic heterocycles. The molecule has 0 atom stereocenters. The predicted molar refractivity (Wildman–Crippen MR) is 82.2 cm³/mol. The van der Waals surface area contributed by atoms with Gasteiger partial charge in [-0.1, -0.05) is 0 Å². The molecule has 21 heavy (non-hydrogen) atoms. The Hall–Kier alpha value is -1.02. The van der Waals surface area contributed by atoms with Crippen LogP contribution in [0.1, 0.15) is 18.5 Å². The fourth-order valence-electron chi connectivity index (χ4n) is 2.69. The van der Waals surface area contributed by atoms with E-state index in [0.717, 1.165) is 25.9 Å². The molecule has 1 aliphatic rings. The molecule has 0 amide bonds. The number of nitrogens with two attached hydrogens (primary N) is 1. The quantitative estimate of drug-likeness (QED) is 0.856. The number of aromatic nitrogens is 1. The summed E-state index contributed by atoms with van der Waals surface area (Å²) in [6.07, 6.45) is 3.64. The van der Waals surface area contributed by atoms with Crippen LogP contribution in [-0.2, 0) is 16.6 Å². The number of pyridine rings is 1. The van der Waals surface area contributed by atoms with Crippen molar-refractivity contribution in [1.82, 2.24) is 14.2 Å². The molecule has 0 aliphatic carbocycles. The average Bonchev–Trinajstić information content (AvgIpc) is 2.49. The van der Waals surface area contributed by atoms with Crippen molar-refractivity contribution in [1.29, 1.82) is 0 Å². The third kappa shape index (κ3) is 3.79. The minimum atomic E-state index is -3.52. The molecule has 0 saturated carbocycles. The fraction of sp³-hybridized carbons (Fsp3) is 0.643. The summed E-state index contributed by atoms with van der Waals surface area (Å²) in [5.74, 6) is 0.416. The summed E-state index contributed by atoms with van der Waals surface area (Å²) in [5, 5.41) is 0. The Kier molecular flexibility index (Phi) is 5.32. The molecule has 1 saturated heterocycles. The van der Waals surface area contributed by atoms with E-state index in [4.69, 9.17) is 5.73 Å². The van der Waals surface area contributed by atoms with Gasteiger partial charge in [-0.05, 0) is 51.0 Å². The Morgan fingerprint density at radius 3 is 2.71 bits per heavy atom. The second-order valence-electron chi connectivity index (χ2n) is 5.68. The Labute approximate surface area is 127 Å². The smallest absolute Gasteiger partial charge is 0.244 e. The van der Waals surface area contributed by atoms with E-state index >= 15 is 0 Å². The molecule has 118 valence electrons. The van der Waals surface area contributed by atoms with Gasteiger partial charge in [0, 0.05) is 26.3 Å². The third-order valence-electron chi connectivity index (χ3n) is 4.08. The summed E-state index contributed by atoms with van der Waals surface area (Å²) in [4.78, 5) is 6.57. The van der Waals surface area contributed by atoms with E-state index in [-0.39, 0.29) is 11.4 Å². The first-order chi connectivity index (χ1) is 9.95. The summed E-state index contributed by atoms with van der Waals surface area (Å²) < 4.78 is 26.8. The molecule has 0 bridgehead atoms. The van der Waals surface area contributed by atoms with Crippen LogP contribution in [0.5, 0.6) is 0 Å². The second kappa shape index (κ2) is 6.83. The Balaban J connectivity index is 2.11. The highest BCUT2D eigenvalue weighted by molar-refractivity contribution is 7.89. The van der Waals surface area contributed by atoms with Crippen LogP contribution in [0.2, 0.25) is 0 Å². The molecule has 2 rings (SSSR count). The zero-order valence-corrected chi connectivity index (χ0v) is 13.5. The molecule has 1 aromatic rings. The van der Waals surface area contributed by atoms with Crippen molar-refractivity contribution in [3.63, 3.8) is 0 Å². The lowest BCUT2D eigenvalue weighted by Crippen LogP contribution is -2.38. The van der Waals surface area contributed by atoms with Crippen molar-refractivity contribution in [2.75, 3.05) is 33.7 Å². The lowest BCUT2D eigenvalue weighted by atomic mass is 9.97. The molecule has 7 heteroatoms. The van der Waals surface area contributed by atoms with Crippen molar-refractivity contribution >= 4 is 10.0 Å². The summed E-state index contributed by atoms with van der Waals surface area (Å²) in [6.45, 7) is 2.73. The number of piperidine rings is 1. The van der Waals surface area contributed by atoms with Gasteiger partial charge in [-0.2, -0.15) is 0 Å². The SMILES string of the molecule is CN1CCC(CN(C)S(=O)(=O)c2cccnc2CN)CC1. The van der Waals surface area contributed by atoms with Crippen molar-refractivity contribution in [2.45, 2.75) is 24.3 Å². The molecule has 1 aliphatic heterocycles. The Morgan fingerprint density at radius 2 is 2.10 bits per heavy atom. The topological polar surface area (TPSA) is 79.5 Å². The highest BCUT2D eigenvalue weighted by Gasteiger charge is 2.27. The van der Waals surface area contributed by atoms with Gasteiger partial charge in [-0.3, -0.25) is 4.98 Å². The van der Waals surface area contributed by atoms with Gasteiger partial charge in [0.2, 0.25) is 10.0 Å². The van der Waals surface area contributed by atoms with Gasteiger partial charge in [-0.25, -0.2) is 12.7 Å². The molecule has 0 radical (unpaired) electrons. The highest BCUT2D eigenvalue weighted by Crippen LogP contribution is 2.22. The van der Waals surface area contributed by atoms with Crippen LogP contribution < -0.4 is 5.73 Å². The number of hydrogen-bond donors (Lipinski definition) is 1. The molecule has 2 N–H and O–H groups in total. The number of likely N-dealkylation sites (tertiary alicyclic amines) is 1. The molecule has 0 spiro atoms. The molecular formula is C14H24N4O2S. The predicted octanol–water partition coefficient (Wildman–Crippen LogP) is 0.503. The number of rotatable bonds is 5. The van der Waals surface area contributed by atoms with E-state index < -0.39 is 10.0 Å². The Bertz CT molecular complexity index is 568. The Morgan fingerprint density at radius 1 is 1.43 bits per heavy atom. The van der Waals surface area contributed by atoms with Crippen LogP contribution in [0.4, 0.5) is 0 Å². The van der Waals surface area contributed by atoms with Gasteiger partial charge in [-0.15, -0.1) is 0 Å². The maximum atomic E-state index is 12.7. The molecule has 0 aromatic carbocycles. The molecule has 1 fully saturated rings. The number of nitrogens with zero attached hydrogens (tertiary/aromatic N) is 3. The van der Waals surface area contributed by atoms with Crippen molar-refractivity contribution in [3.8, 4) is 0 Å². The van der Waals surface area contributed by atoms with Gasteiger partial charge in [0.1, 0.15) is 4.90 Å². The fourth-order valence-corrected chi connectivity index (χ4v) is 4.11. The van der Waals surface area contributed by atoms with Crippen molar-refractivity contribution in [2.24, 2.45) is 11.7 Å². The largest absolute Gasteiger partial charge is 0.325 e. The van der Waals surface area contributed by atoms with Crippen LogP contribution in [0.15, 0.2) is 23.2 Å². The lowest BCUT2D eigenvalue weighted by Gasteiger charge is -2.31. The maximum absolute atomic E-state index is 12.7. The monoisotopic (exact) mass is 312 g/mol. The van der Waals surface area contributed by atoms with E-state index in [9.17, 15) is 8.42 Å². The zero-order chi connectivity index (χ0) is 15.5. The van der Waals surface area contributed by atoms with Crippen molar-refractivity contribution in [3.05, 3.63) is 24.0 Å². The van der Waals surface area contributed by atoms with Gasteiger partial charge >= 0.3 is 0 Å². The lowest BCUT2D eigenvalue weighted by molar-refractivity contribution is 0.202. The summed E-state index contributed by atoms with van der Waals surface area (Å²) in [6, 6.07) is 3.21. The van der Waals surface area contributed by atoms with E-state index in [2.05, 4.69) is 16.9 Å². The van der Waals surface area contributed by atoms with Crippen LogP contribution >= 0.6 is 0 Å². The van der Waals surface area contributed by atoms with Crippen LogP contribution in [-0.4, -0.2) is 56.3 Å². The number of sulfonamides is 1. The van der Waals surface area contributed by atoms with E-state index in [0.29, 0.717) is 18.2 Å². The van der Waals surface area contributed by atoms with Gasteiger partial charge < -0.3 is 10.6 Å². The standard InChI is InChI=1S/C14H24N4O2S/c1-17-8-5-12(6-9-17)11-18(2)21(19,20)14-4-3-7-16-13(14)10-15/h3-4,7,12H,5-6,8-11,15H2,1-2H3. The first kappa shape index (κ1) is 16.4. The van der Waals surface area contributed by atoms with Crippen molar-refractivity contribution < 1.29 is 8.42 Å². The average molecular weight is 312 g/mol. The van der Waals surface area contributed by atoms with E-state index in [1.807, 2.05) is 0 Å². The second-order valence-corrected chi connectivity index (χ2v) is 7.70. The third-order valence-corrected chi connectivity index (χ3v) is 5.98. The molecule has 0 unspecified atom stereocenters. The number of hydrogen-bond acceptors (Lipinski definition) is 5. The normalized spacial score (nSPS) is 18.3. The van der Waals surface area contributed by atoms with Crippen LogP contribution in [0.3, 0.4) is 0 Å². The highest BCUT2D eigenvalue weighted by atomic mass is 32.2. The van der Waals surface area contributed by atoms with Gasteiger partial charge in [0.05, 0.1) is 5.69 Å². The van der Waals surface area contributed by atoms with Crippen LogP contribution in [0, 0.1) is 5.92 Å². The summed E-state index contributed by atoms with van der Waals surface area (Å²) in [5.41, 5.74) is 6.02. The molecular weight excluding hydrogens is 288 g/mol. The summed E-state index contributed by atoms with van der Waals surface area (Å²) in [7, 11) is 0.219. The first-order valence-corrected chi connectivity index (χ1v) is 8.68. The summed E-state index contributed by atoms with van der Waals surface area (Å²) >= 11 is 0. The molecule has 2 heterocycles.